The van der Waals surface area contributed by atoms with E-state index in [0.717, 1.165) is 5.56 Å². The summed E-state index contributed by atoms with van der Waals surface area (Å²) in [5.74, 6) is 1.25. The van der Waals surface area contributed by atoms with Gasteiger partial charge in [0.15, 0.2) is 16.5 Å². The summed E-state index contributed by atoms with van der Waals surface area (Å²) in [7, 11) is 1.51. The molecule has 8 heteroatoms. The number of aryl methyl sites for hydroxylation is 1. The number of benzene rings is 2. The Morgan fingerprint density at radius 2 is 2.00 bits per heavy atom. The molecule has 3 rings (SSSR count). The molecule has 1 aromatic heterocycles. The molecule has 31 heavy (non-hydrogen) atoms. The number of halogens is 1. The molecule has 3 aromatic rings. The minimum Gasteiger partial charge on any atom is -0.493 e. The van der Waals surface area contributed by atoms with Crippen LogP contribution in [0.5, 0.6) is 11.5 Å². The first-order valence-corrected chi connectivity index (χ1v) is 10.7. The van der Waals surface area contributed by atoms with Crippen molar-refractivity contribution in [3.63, 3.8) is 0 Å². The van der Waals surface area contributed by atoms with Crippen LogP contribution in [0.3, 0.4) is 0 Å². The molecule has 0 aliphatic rings. The highest BCUT2D eigenvalue weighted by molar-refractivity contribution is 7.99. The molecular weight excluding hydrogens is 419 g/mol. The van der Waals surface area contributed by atoms with Gasteiger partial charge < -0.3 is 14.6 Å². The van der Waals surface area contributed by atoms with Gasteiger partial charge in [0.2, 0.25) is 0 Å². The second-order valence-corrected chi connectivity index (χ2v) is 8.66. The fourth-order valence-electron chi connectivity index (χ4n) is 2.83. The highest BCUT2D eigenvalue weighted by atomic mass is 32.2. The molecule has 1 N–H and O–H groups in total. The molecule has 0 spiro atoms. The van der Waals surface area contributed by atoms with Gasteiger partial charge in [-0.2, -0.15) is 0 Å². The number of rotatable bonds is 9. The molecule has 2 aromatic carbocycles. The zero-order valence-electron chi connectivity index (χ0n) is 17.7. The van der Waals surface area contributed by atoms with Gasteiger partial charge in [0, 0.05) is 24.2 Å². The largest absolute Gasteiger partial charge is 0.493 e. The quantitative estimate of drug-likeness (QED) is 0.505. The van der Waals surface area contributed by atoms with Crippen molar-refractivity contribution in [2.45, 2.75) is 30.9 Å². The standard InChI is InChI=1S/C23H25FN2O4S/c1-23(2,28)15-30-19-8-7-18(14-20(19)29-3)26-11-10-25-21(22(26)27)31-12-9-16-5-4-6-17(24)13-16/h4-8,10-11,13-14,28H,9,12,15H2,1-3H3. The molecule has 0 unspecified atom stereocenters. The van der Waals surface area contributed by atoms with Crippen LogP contribution in [0.4, 0.5) is 4.39 Å². The highest BCUT2D eigenvalue weighted by Crippen LogP contribution is 2.30. The summed E-state index contributed by atoms with van der Waals surface area (Å²) >= 11 is 1.33. The van der Waals surface area contributed by atoms with Gasteiger partial charge in [0.25, 0.3) is 5.56 Å². The average molecular weight is 445 g/mol. The van der Waals surface area contributed by atoms with E-state index in [9.17, 15) is 14.3 Å². The average Bonchev–Trinajstić information content (AvgIpc) is 2.73. The number of aliphatic hydroxyl groups is 1. The van der Waals surface area contributed by atoms with E-state index >= 15 is 0 Å². The molecule has 0 aliphatic carbocycles. The summed E-state index contributed by atoms with van der Waals surface area (Å²) in [4.78, 5) is 17.1. The third-order valence-corrected chi connectivity index (χ3v) is 5.30. The van der Waals surface area contributed by atoms with Crippen molar-refractivity contribution in [2.24, 2.45) is 0 Å². The fraction of sp³-hybridized carbons (Fsp3) is 0.304. The molecule has 0 saturated heterocycles. The van der Waals surface area contributed by atoms with Gasteiger partial charge in [-0.15, -0.1) is 11.8 Å². The molecule has 164 valence electrons. The number of nitrogens with zero attached hydrogens (tertiary/aromatic N) is 2. The van der Waals surface area contributed by atoms with E-state index in [2.05, 4.69) is 4.98 Å². The van der Waals surface area contributed by atoms with Gasteiger partial charge in [0.1, 0.15) is 12.4 Å². The summed E-state index contributed by atoms with van der Waals surface area (Å²) in [6, 6.07) is 11.6. The second-order valence-electron chi connectivity index (χ2n) is 7.57. The van der Waals surface area contributed by atoms with Gasteiger partial charge in [0.05, 0.1) is 18.4 Å². The lowest BCUT2D eigenvalue weighted by Gasteiger charge is -2.19. The lowest BCUT2D eigenvalue weighted by atomic mass is 10.2. The van der Waals surface area contributed by atoms with Crippen molar-refractivity contribution in [1.82, 2.24) is 9.55 Å². The van der Waals surface area contributed by atoms with Gasteiger partial charge in [-0.3, -0.25) is 9.36 Å². The van der Waals surface area contributed by atoms with Crippen molar-refractivity contribution in [2.75, 3.05) is 19.5 Å². The molecule has 0 radical (unpaired) electrons. The van der Waals surface area contributed by atoms with Crippen LogP contribution in [0.2, 0.25) is 0 Å². The zero-order chi connectivity index (χ0) is 22.4. The molecule has 1 heterocycles. The molecule has 0 aliphatic heterocycles. The minimum atomic E-state index is -0.983. The summed E-state index contributed by atoms with van der Waals surface area (Å²) in [6.07, 6.45) is 3.78. The van der Waals surface area contributed by atoms with Crippen LogP contribution in [-0.2, 0) is 6.42 Å². The first-order chi connectivity index (χ1) is 14.8. The SMILES string of the molecule is COc1cc(-n2ccnc(SCCc3cccc(F)c3)c2=O)ccc1OCC(C)(C)O. The van der Waals surface area contributed by atoms with E-state index in [1.165, 1.54) is 35.6 Å². The lowest BCUT2D eigenvalue weighted by Crippen LogP contribution is -2.28. The third kappa shape index (κ3) is 6.32. The van der Waals surface area contributed by atoms with E-state index in [0.29, 0.717) is 34.4 Å². The molecule has 0 saturated carbocycles. The Hall–Kier alpha value is -2.84. The first-order valence-electron chi connectivity index (χ1n) is 9.75. The summed E-state index contributed by atoms with van der Waals surface area (Å²) < 4.78 is 25.8. The number of thioether (sulfide) groups is 1. The zero-order valence-corrected chi connectivity index (χ0v) is 18.5. The summed E-state index contributed by atoms with van der Waals surface area (Å²) in [6.45, 7) is 3.40. The number of hydrogen-bond donors (Lipinski definition) is 1. The maximum absolute atomic E-state index is 13.3. The van der Waals surface area contributed by atoms with Crippen LogP contribution in [0.25, 0.3) is 5.69 Å². The third-order valence-electron chi connectivity index (χ3n) is 4.33. The Morgan fingerprint density at radius 1 is 1.19 bits per heavy atom. The maximum Gasteiger partial charge on any atom is 0.287 e. The van der Waals surface area contributed by atoms with Gasteiger partial charge in [-0.1, -0.05) is 12.1 Å². The molecule has 0 atom stereocenters. The molecule has 0 bridgehead atoms. The monoisotopic (exact) mass is 444 g/mol. The Balaban J connectivity index is 1.76. The van der Waals surface area contributed by atoms with Crippen LogP contribution in [0.1, 0.15) is 19.4 Å². The van der Waals surface area contributed by atoms with Crippen molar-refractivity contribution < 1.29 is 19.0 Å². The predicted octanol–water partition coefficient (Wildman–Crippen LogP) is 3.86. The van der Waals surface area contributed by atoms with Crippen LogP contribution < -0.4 is 15.0 Å². The topological polar surface area (TPSA) is 73.6 Å². The van der Waals surface area contributed by atoms with Crippen molar-refractivity contribution in [1.29, 1.82) is 0 Å². The number of methoxy groups -OCH3 is 1. The van der Waals surface area contributed by atoms with Crippen molar-refractivity contribution >= 4 is 11.8 Å². The van der Waals surface area contributed by atoms with E-state index in [1.54, 1.807) is 50.5 Å². The van der Waals surface area contributed by atoms with E-state index in [1.807, 2.05) is 6.07 Å². The first kappa shape index (κ1) is 22.8. The van der Waals surface area contributed by atoms with Crippen molar-refractivity contribution in [3.05, 3.63) is 76.6 Å². The Morgan fingerprint density at radius 3 is 2.71 bits per heavy atom. The predicted molar refractivity (Wildman–Crippen MR) is 119 cm³/mol. The van der Waals surface area contributed by atoms with Crippen molar-refractivity contribution in [3.8, 4) is 17.2 Å². The fourth-order valence-corrected chi connectivity index (χ4v) is 3.72. The number of hydrogen-bond acceptors (Lipinski definition) is 6. The molecule has 0 fully saturated rings. The van der Waals surface area contributed by atoms with Crippen LogP contribution in [-0.4, -0.2) is 39.7 Å². The Bertz CT molecular complexity index is 1100. The summed E-state index contributed by atoms with van der Waals surface area (Å²) in [5.41, 5.74) is 0.240. The normalized spacial score (nSPS) is 11.4. The van der Waals surface area contributed by atoms with E-state index in [4.69, 9.17) is 9.47 Å². The number of ether oxygens (including phenoxy) is 2. The Labute approximate surface area is 184 Å². The Kier molecular flexibility index (Phi) is 7.35. The van der Waals surface area contributed by atoms with Crippen LogP contribution in [0.15, 0.2) is 64.7 Å². The smallest absolute Gasteiger partial charge is 0.287 e. The van der Waals surface area contributed by atoms with Gasteiger partial charge in [-0.25, -0.2) is 9.37 Å². The van der Waals surface area contributed by atoms with E-state index < -0.39 is 5.60 Å². The van der Waals surface area contributed by atoms with Gasteiger partial charge >= 0.3 is 0 Å². The minimum absolute atomic E-state index is 0.101. The molecular formula is C23H25FN2O4S. The van der Waals surface area contributed by atoms with Crippen LogP contribution >= 0.6 is 11.8 Å². The van der Waals surface area contributed by atoms with Crippen LogP contribution in [0, 0.1) is 5.82 Å². The molecule has 0 amide bonds. The number of aromatic nitrogens is 2. The lowest BCUT2D eigenvalue weighted by molar-refractivity contribution is 0.0276. The maximum atomic E-state index is 13.3. The van der Waals surface area contributed by atoms with Gasteiger partial charge in [-0.05, 0) is 50.1 Å². The highest BCUT2D eigenvalue weighted by Gasteiger charge is 2.16. The van der Waals surface area contributed by atoms with E-state index in [-0.39, 0.29) is 18.0 Å². The summed E-state index contributed by atoms with van der Waals surface area (Å²) in [5, 5.41) is 10.2. The molecule has 6 nitrogen and oxygen atoms in total. The second kappa shape index (κ2) is 9.98.